The van der Waals surface area contributed by atoms with Crippen molar-refractivity contribution >= 4 is 28.3 Å². The number of carbonyl (C=O) groups is 2. The van der Waals surface area contributed by atoms with E-state index in [9.17, 15) is 9.59 Å². The van der Waals surface area contributed by atoms with Crippen LogP contribution >= 0.6 is 0 Å². The summed E-state index contributed by atoms with van der Waals surface area (Å²) in [6.07, 6.45) is 0. The zero-order chi connectivity index (χ0) is 26.0. The van der Waals surface area contributed by atoms with Gasteiger partial charge < -0.3 is 19.5 Å². The van der Waals surface area contributed by atoms with Crippen molar-refractivity contribution in [2.24, 2.45) is 0 Å². The number of anilines is 1. The van der Waals surface area contributed by atoms with Crippen LogP contribution in [-0.4, -0.2) is 35.5 Å². The molecule has 0 aliphatic rings. The Bertz CT molecular complexity index is 1410. The summed E-state index contributed by atoms with van der Waals surface area (Å²) in [6.45, 7) is 9.75. The van der Waals surface area contributed by atoms with Gasteiger partial charge in [-0.05, 0) is 68.7 Å². The van der Waals surface area contributed by atoms with Gasteiger partial charge in [0.1, 0.15) is 18.1 Å². The van der Waals surface area contributed by atoms with Crippen molar-refractivity contribution in [3.8, 4) is 5.75 Å². The van der Waals surface area contributed by atoms with Gasteiger partial charge in [0, 0.05) is 12.7 Å². The van der Waals surface area contributed by atoms with Crippen LogP contribution in [0.3, 0.4) is 0 Å². The Balaban J connectivity index is 1.57. The topological polar surface area (TPSA) is 84.7 Å². The fourth-order valence-corrected chi connectivity index (χ4v) is 4.41. The molecule has 0 spiro atoms. The third-order valence-electron chi connectivity index (χ3n) is 6.30. The molecule has 0 saturated heterocycles. The van der Waals surface area contributed by atoms with Gasteiger partial charge in [-0.3, -0.25) is 9.59 Å². The number of nitrogens with zero attached hydrogens (tertiary/aromatic N) is 2. The summed E-state index contributed by atoms with van der Waals surface area (Å²) >= 11 is 0. The highest BCUT2D eigenvalue weighted by Crippen LogP contribution is 2.29. The number of nitrogens with one attached hydrogen (secondary N) is 1. The molecule has 1 aromatic heterocycles. The summed E-state index contributed by atoms with van der Waals surface area (Å²) in [4.78, 5) is 27.8. The minimum absolute atomic E-state index is 0.0955. The lowest BCUT2D eigenvalue weighted by atomic mass is 10.0. The third kappa shape index (κ3) is 5.25. The lowest BCUT2D eigenvalue weighted by molar-refractivity contribution is -0.116. The lowest BCUT2D eigenvalue weighted by Gasteiger charge is -2.20. The minimum atomic E-state index is -0.304. The first kappa shape index (κ1) is 25.0. The summed E-state index contributed by atoms with van der Waals surface area (Å²) in [7, 11) is 1.62. The van der Waals surface area contributed by atoms with Crippen LogP contribution in [0, 0.1) is 34.6 Å². The molecule has 1 N–H and O–H groups in total. The Kier molecular flexibility index (Phi) is 7.10. The number of aryl methyl sites for hydroxylation is 5. The zero-order valence-electron chi connectivity index (χ0n) is 21.6. The van der Waals surface area contributed by atoms with Gasteiger partial charge in [0.2, 0.25) is 5.91 Å². The average molecular weight is 486 g/mol. The largest absolute Gasteiger partial charge is 0.488 e. The van der Waals surface area contributed by atoms with Crippen LogP contribution < -0.4 is 10.1 Å². The van der Waals surface area contributed by atoms with Crippen LogP contribution in [0.4, 0.5) is 5.69 Å². The van der Waals surface area contributed by atoms with Gasteiger partial charge in [0.05, 0.1) is 23.4 Å². The van der Waals surface area contributed by atoms with E-state index >= 15 is 0 Å². The SMILES string of the molecule is Cc1cc(C)c(NC(=O)CN(C)C(=O)c2cc3ccccc3cc2OCc2c(C)noc2C)c(C)c1. The molecule has 186 valence electrons. The second kappa shape index (κ2) is 10.2. The van der Waals surface area contributed by atoms with E-state index in [0.29, 0.717) is 17.1 Å². The standard InChI is InChI=1S/C29H31N3O4/c1-17-11-18(2)28(19(3)12-17)30-27(33)15-32(6)29(34)24-13-22-9-7-8-10-23(22)14-26(24)35-16-25-20(4)31-36-21(25)5/h7-14H,15-16H2,1-6H3,(H,30,33). The highest BCUT2D eigenvalue weighted by Gasteiger charge is 2.21. The molecule has 36 heavy (non-hydrogen) atoms. The number of rotatable bonds is 7. The molecule has 2 amide bonds. The first-order valence-corrected chi connectivity index (χ1v) is 11.8. The second-order valence-electron chi connectivity index (χ2n) is 9.27. The maximum absolute atomic E-state index is 13.5. The molecule has 0 unspecified atom stereocenters. The zero-order valence-corrected chi connectivity index (χ0v) is 21.6. The van der Waals surface area contributed by atoms with E-state index < -0.39 is 0 Å². The molecule has 7 nitrogen and oxygen atoms in total. The Morgan fingerprint density at radius 2 is 1.61 bits per heavy atom. The molecular formula is C29H31N3O4. The van der Waals surface area contributed by atoms with Crippen molar-refractivity contribution in [3.63, 3.8) is 0 Å². The van der Waals surface area contributed by atoms with E-state index in [2.05, 4.69) is 10.5 Å². The Labute approximate surface area is 211 Å². The molecular weight excluding hydrogens is 454 g/mol. The van der Waals surface area contributed by atoms with Gasteiger partial charge in [-0.1, -0.05) is 47.1 Å². The highest BCUT2D eigenvalue weighted by molar-refractivity contribution is 6.04. The number of benzene rings is 3. The van der Waals surface area contributed by atoms with E-state index in [1.807, 2.05) is 83.1 Å². The summed E-state index contributed by atoms with van der Waals surface area (Å²) in [5, 5.41) is 8.80. The van der Waals surface area contributed by atoms with Crippen molar-refractivity contribution < 1.29 is 18.8 Å². The molecule has 0 aliphatic heterocycles. The van der Waals surface area contributed by atoms with Crippen LogP contribution in [-0.2, 0) is 11.4 Å². The number of hydrogen-bond acceptors (Lipinski definition) is 5. The molecule has 4 rings (SSSR count). The van der Waals surface area contributed by atoms with Crippen LogP contribution in [0.2, 0.25) is 0 Å². The smallest absolute Gasteiger partial charge is 0.257 e. The fraction of sp³-hybridized carbons (Fsp3) is 0.276. The molecule has 0 aliphatic carbocycles. The molecule has 0 bridgehead atoms. The Hall–Kier alpha value is -4.13. The second-order valence-corrected chi connectivity index (χ2v) is 9.27. The van der Waals surface area contributed by atoms with Crippen LogP contribution in [0.5, 0.6) is 5.75 Å². The van der Waals surface area contributed by atoms with Gasteiger partial charge in [-0.2, -0.15) is 0 Å². The van der Waals surface area contributed by atoms with E-state index in [-0.39, 0.29) is 25.0 Å². The van der Waals surface area contributed by atoms with Crippen molar-refractivity contribution in [2.45, 2.75) is 41.2 Å². The van der Waals surface area contributed by atoms with Crippen LogP contribution in [0.1, 0.15) is 44.1 Å². The molecule has 4 aromatic rings. The van der Waals surface area contributed by atoms with Crippen molar-refractivity contribution in [1.82, 2.24) is 10.1 Å². The quantitative estimate of drug-likeness (QED) is 0.365. The lowest BCUT2D eigenvalue weighted by Crippen LogP contribution is -2.35. The van der Waals surface area contributed by atoms with Crippen molar-refractivity contribution in [1.29, 1.82) is 0 Å². The van der Waals surface area contributed by atoms with Gasteiger partial charge in [0.25, 0.3) is 5.91 Å². The van der Waals surface area contributed by atoms with Gasteiger partial charge >= 0.3 is 0 Å². The Morgan fingerprint density at radius 1 is 0.972 bits per heavy atom. The molecule has 0 fully saturated rings. The first-order valence-electron chi connectivity index (χ1n) is 11.8. The summed E-state index contributed by atoms with van der Waals surface area (Å²) < 4.78 is 11.4. The Morgan fingerprint density at radius 3 is 2.22 bits per heavy atom. The normalized spacial score (nSPS) is 10.9. The number of aromatic nitrogens is 1. The summed E-state index contributed by atoms with van der Waals surface area (Å²) in [5.41, 5.74) is 5.86. The molecule has 0 atom stereocenters. The predicted octanol–water partition coefficient (Wildman–Crippen LogP) is 5.66. The number of hydrogen-bond donors (Lipinski definition) is 1. The van der Waals surface area contributed by atoms with Crippen molar-refractivity contribution in [3.05, 3.63) is 87.8 Å². The predicted molar refractivity (Wildman–Crippen MR) is 141 cm³/mol. The molecule has 3 aromatic carbocycles. The van der Waals surface area contributed by atoms with Crippen molar-refractivity contribution in [2.75, 3.05) is 18.9 Å². The van der Waals surface area contributed by atoms with Gasteiger partial charge in [-0.25, -0.2) is 0 Å². The molecule has 7 heteroatoms. The minimum Gasteiger partial charge on any atom is -0.488 e. The number of carbonyl (C=O) groups excluding carboxylic acids is 2. The average Bonchev–Trinajstić information content (AvgIpc) is 3.15. The maximum atomic E-state index is 13.5. The number of amides is 2. The summed E-state index contributed by atoms with van der Waals surface area (Å²) in [6, 6.07) is 15.5. The molecule has 0 saturated carbocycles. The first-order chi connectivity index (χ1) is 17.1. The summed E-state index contributed by atoms with van der Waals surface area (Å²) in [5.74, 6) is 0.551. The van der Waals surface area contributed by atoms with E-state index in [1.54, 1.807) is 7.05 Å². The van der Waals surface area contributed by atoms with E-state index in [4.69, 9.17) is 9.26 Å². The van der Waals surface area contributed by atoms with Crippen LogP contribution in [0.15, 0.2) is 53.1 Å². The third-order valence-corrected chi connectivity index (χ3v) is 6.30. The molecule has 0 radical (unpaired) electrons. The maximum Gasteiger partial charge on any atom is 0.257 e. The van der Waals surface area contributed by atoms with Gasteiger partial charge in [0.15, 0.2) is 0 Å². The van der Waals surface area contributed by atoms with E-state index in [0.717, 1.165) is 44.4 Å². The van der Waals surface area contributed by atoms with E-state index in [1.165, 1.54) is 4.90 Å². The number of ether oxygens (including phenoxy) is 1. The number of fused-ring (bicyclic) bond motifs is 1. The fourth-order valence-electron chi connectivity index (χ4n) is 4.41. The number of likely N-dealkylation sites (N-methyl/N-ethyl adjacent to an activating group) is 1. The molecule has 1 heterocycles. The highest BCUT2D eigenvalue weighted by atomic mass is 16.5. The van der Waals surface area contributed by atoms with Crippen LogP contribution in [0.25, 0.3) is 10.8 Å². The van der Waals surface area contributed by atoms with Gasteiger partial charge in [-0.15, -0.1) is 0 Å². The monoisotopic (exact) mass is 485 g/mol.